The molecule has 5 nitrogen and oxygen atoms in total. The highest BCUT2D eigenvalue weighted by Gasteiger charge is 2.05. The lowest BCUT2D eigenvalue weighted by Crippen LogP contribution is -2.11. The first-order valence-corrected chi connectivity index (χ1v) is 7.47. The highest BCUT2D eigenvalue weighted by atomic mass is 32.2. The quantitative estimate of drug-likeness (QED) is 0.421. The van der Waals surface area contributed by atoms with E-state index in [-0.39, 0.29) is 11.7 Å². The third-order valence-corrected chi connectivity index (χ3v) is 2.66. The van der Waals surface area contributed by atoms with E-state index in [1.54, 1.807) is 6.92 Å². The van der Waals surface area contributed by atoms with Gasteiger partial charge in [-0.15, -0.1) is 0 Å². The topological polar surface area (TPSA) is 69.7 Å². The minimum Gasteiger partial charge on any atom is -0.429 e. The number of esters is 1. The number of hydrogen-bond donors (Lipinski definition) is 0. The lowest BCUT2D eigenvalue weighted by molar-refractivity contribution is -0.137. The van der Waals surface area contributed by atoms with Crippen LogP contribution in [0.25, 0.3) is 0 Å². The SMILES string of the molecule is C=C(C)CC(=O)SCCC.C=C(C)COC(=O)OC(C)=O. The summed E-state index contributed by atoms with van der Waals surface area (Å²) in [6.07, 6.45) is 0.609. The Balaban J connectivity index is 0. The summed E-state index contributed by atoms with van der Waals surface area (Å²) < 4.78 is 8.49. The fourth-order valence-electron chi connectivity index (χ4n) is 0.842. The van der Waals surface area contributed by atoms with Gasteiger partial charge in [0, 0.05) is 19.1 Å². The molecule has 0 aromatic rings. The fraction of sp³-hybridized carbons (Fsp3) is 0.533. The Morgan fingerprint density at radius 3 is 2.00 bits per heavy atom. The monoisotopic (exact) mass is 316 g/mol. The molecule has 0 radical (unpaired) electrons. The van der Waals surface area contributed by atoms with Gasteiger partial charge >= 0.3 is 12.1 Å². The molecule has 0 amide bonds. The van der Waals surface area contributed by atoms with Crippen molar-refractivity contribution in [3.63, 3.8) is 0 Å². The lowest BCUT2D eigenvalue weighted by atomic mass is 10.3. The highest BCUT2D eigenvalue weighted by molar-refractivity contribution is 8.13. The maximum absolute atomic E-state index is 10.9. The number of rotatable bonds is 6. The van der Waals surface area contributed by atoms with Gasteiger partial charge in [0.2, 0.25) is 0 Å². The summed E-state index contributed by atoms with van der Waals surface area (Å²) in [5.74, 6) is 0.253. The molecule has 0 aliphatic heterocycles. The Labute approximate surface area is 130 Å². The van der Waals surface area contributed by atoms with Gasteiger partial charge in [-0.05, 0) is 25.8 Å². The summed E-state index contributed by atoms with van der Waals surface area (Å²) in [6.45, 7) is 14.0. The minimum atomic E-state index is -0.986. The average Bonchev–Trinajstić information content (AvgIpc) is 2.33. The van der Waals surface area contributed by atoms with Crippen molar-refractivity contribution >= 4 is 29.0 Å². The van der Waals surface area contributed by atoms with E-state index in [9.17, 15) is 14.4 Å². The Morgan fingerprint density at radius 2 is 1.62 bits per heavy atom. The van der Waals surface area contributed by atoms with E-state index in [0.29, 0.717) is 12.0 Å². The first kappa shape index (κ1) is 21.7. The summed E-state index contributed by atoms with van der Waals surface area (Å²) >= 11 is 1.40. The van der Waals surface area contributed by atoms with Crippen LogP contribution in [0.4, 0.5) is 4.79 Å². The summed E-state index contributed by atoms with van der Waals surface area (Å²) in [5, 5.41) is 0.245. The van der Waals surface area contributed by atoms with Crippen molar-refractivity contribution in [2.45, 2.75) is 40.5 Å². The first-order chi connectivity index (χ1) is 9.68. The molecule has 120 valence electrons. The maximum atomic E-state index is 10.9. The second kappa shape index (κ2) is 13.4. The van der Waals surface area contributed by atoms with Crippen LogP contribution >= 0.6 is 11.8 Å². The predicted octanol–water partition coefficient (Wildman–Crippen LogP) is 3.88. The van der Waals surface area contributed by atoms with Crippen LogP contribution in [0.2, 0.25) is 0 Å². The van der Waals surface area contributed by atoms with E-state index >= 15 is 0 Å². The van der Waals surface area contributed by atoms with Crippen LogP contribution < -0.4 is 0 Å². The average molecular weight is 316 g/mol. The number of allylic oxidation sites excluding steroid dienone is 1. The van der Waals surface area contributed by atoms with E-state index < -0.39 is 12.1 Å². The largest absolute Gasteiger partial charge is 0.516 e. The van der Waals surface area contributed by atoms with E-state index in [2.05, 4.69) is 29.6 Å². The van der Waals surface area contributed by atoms with Crippen molar-refractivity contribution in [1.29, 1.82) is 0 Å². The number of carbonyl (C=O) groups excluding carboxylic acids is 3. The van der Waals surface area contributed by atoms with Crippen molar-refractivity contribution in [3.8, 4) is 0 Å². The van der Waals surface area contributed by atoms with Gasteiger partial charge in [-0.1, -0.05) is 37.4 Å². The third-order valence-electron chi connectivity index (χ3n) is 1.58. The van der Waals surface area contributed by atoms with Crippen LogP contribution in [0.3, 0.4) is 0 Å². The van der Waals surface area contributed by atoms with E-state index in [0.717, 1.165) is 24.7 Å². The zero-order valence-corrected chi connectivity index (χ0v) is 14.0. The normalized spacial score (nSPS) is 8.95. The van der Waals surface area contributed by atoms with Gasteiger partial charge in [0.15, 0.2) is 5.12 Å². The molecule has 0 aliphatic rings. The predicted molar refractivity (Wildman–Crippen MR) is 85.1 cm³/mol. The molecule has 0 unspecified atom stereocenters. The van der Waals surface area contributed by atoms with Gasteiger partial charge < -0.3 is 9.47 Å². The minimum absolute atomic E-state index is 0.0755. The second-order valence-electron chi connectivity index (χ2n) is 4.44. The van der Waals surface area contributed by atoms with Gasteiger partial charge in [-0.2, -0.15) is 0 Å². The summed E-state index contributed by atoms with van der Waals surface area (Å²) in [7, 11) is 0. The van der Waals surface area contributed by atoms with Gasteiger partial charge in [-0.25, -0.2) is 4.79 Å². The van der Waals surface area contributed by atoms with Gasteiger partial charge in [0.25, 0.3) is 0 Å². The Morgan fingerprint density at radius 1 is 1.05 bits per heavy atom. The molecular weight excluding hydrogens is 292 g/mol. The zero-order valence-electron chi connectivity index (χ0n) is 13.2. The van der Waals surface area contributed by atoms with Crippen LogP contribution in [0.5, 0.6) is 0 Å². The van der Waals surface area contributed by atoms with Crippen LogP contribution in [0, 0.1) is 0 Å². The highest BCUT2D eigenvalue weighted by Crippen LogP contribution is 2.10. The molecule has 0 bridgehead atoms. The molecule has 21 heavy (non-hydrogen) atoms. The molecule has 0 saturated heterocycles. The van der Waals surface area contributed by atoms with Gasteiger partial charge in [-0.3, -0.25) is 9.59 Å². The van der Waals surface area contributed by atoms with Crippen LogP contribution in [-0.2, 0) is 19.1 Å². The van der Waals surface area contributed by atoms with Crippen molar-refractivity contribution in [3.05, 3.63) is 24.3 Å². The molecule has 0 aliphatic carbocycles. The number of carbonyl (C=O) groups is 3. The fourth-order valence-corrected chi connectivity index (χ4v) is 1.62. The molecule has 0 N–H and O–H groups in total. The van der Waals surface area contributed by atoms with Crippen molar-refractivity contribution < 1.29 is 23.9 Å². The summed E-state index contributed by atoms with van der Waals surface area (Å²) in [4.78, 5) is 31.5. The van der Waals surface area contributed by atoms with Crippen LogP contribution in [0.1, 0.15) is 40.5 Å². The molecule has 0 spiro atoms. The van der Waals surface area contributed by atoms with Gasteiger partial charge in [0.1, 0.15) is 6.61 Å². The maximum Gasteiger partial charge on any atom is 0.516 e. The Hall–Kier alpha value is -1.56. The van der Waals surface area contributed by atoms with Crippen molar-refractivity contribution in [1.82, 2.24) is 0 Å². The molecule has 0 heterocycles. The van der Waals surface area contributed by atoms with E-state index in [1.807, 2.05) is 6.92 Å². The molecule has 0 atom stereocenters. The smallest absolute Gasteiger partial charge is 0.429 e. The number of hydrogen-bond acceptors (Lipinski definition) is 6. The van der Waals surface area contributed by atoms with Gasteiger partial charge in [0.05, 0.1) is 0 Å². The zero-order chi connectivity index (χ0) is 16.8. The molecule has 0 rings (SSSR count). The number of ether oxygens (including phenoxy) is 2. The number of thioether (sulfide) groups is 1. The van der Waals surface area contributed by atoms with Crippen LogP contribution in [0.15, 0.2) is 24.3 Å². The molecule has 0 aromatic heterocycles. The lowest BCUT2D eigenvalue weighted by Gasteiger charge is -2.01. The first-order valence-electron chi connectivity index (χ1n) is 6.48. The second-order valence-corrected chi connectivity index (χ2v) is 5.60. The molecular formula is C15H24O5S. The van der Waals surface area contributed by atoms with E-state index in [1.165, 1.54) is 11.8 Å². The summed E-state index contributed by atoms with van der Waals surface area (Å²) in [5.41, 5.74) is 1.64. The van der Waals surface area contributed by atoms with Crippen molar-refractivity contribution in [2.75, 3.05) is 12.4 Å². The molecule has 6 heteroatoms. The molecule has 0 saturated carbocycles. The Bertz CT molecular complexity index is 388. The summed E-state index contributed by atoms with van der Waals surface area (Å²) in [6, 6.07) is 0. The molecule has 0 aromatic carbocycles. The Kier molecular flexibility index (Phi) is 13.9. The van der Waals surface area contributed by atoms with E-state index in [4.69, 9.17) is 0 Å². The standard InChI is InChI=1S/C8H14OS.C7H10O4/c1-4-5-10-8(9)6-7(2)3;1-5(2)4-10-7(9)11-6(3)8/h2,4-6H2,1,3H3;1,4H2,2-3H3. The molecule has 0 fully saturated rings. The van der Waals surface area contributed by atoms with Crippen molar-refractivity contribution in [2.24, 2.45) is 0 Å². The third kappa shape index (κ3) is 20.9. The van der Waals surface area contributed by atoms with Crippen LogP contribution in [-0.4, -0.2) is 29.6 Å².